The molecule has 1 N–H and O–H groups in total. The second-order valence-corrected chi connectivity index (χ2v) is 4.65. The van der Waals surface area contributed by atoms with Gasteiger partial charge in [0.25, 0.3) is 0 Å². The SMILES string of the molecule is OCCC#Cc1ccccc1OC1CCCCC1. The Labute approximate surface area is 109 Å². The van der Waals surface area contributed by atoms with E-state index in [1.54, 1.807) is 0 Å². The van der Waals surface area contributed by atoms with Crippen LogP contribution in [0.25, 0.3) is 0 Å². The van der Waals surface area contributed by atoms with Crippen molar-refractivity contribution in [3.05, 3.63) is 29.8 Å². The number of benzene rings is 1. The van der Waals surface area contributed by atoms with Crippen molar-refractivity contribution in [2.24, 2.45) is 0 Å². The van der Waals surface area contributed by atoms with Crippen LogP contribution < -0.4 is 4.74 Å². The molecule has 0 atom stereocenters. The smallest absolute Gasteiger partial charge is 0.135 e. The molecule has 0 spiro atoms. The van der Waals surface area contributed by atoms with Crippen LogP contribution in [0.1, 0.15) is 44.1 Å². The van der Waals surface area contributed by atoms with Gasteiger partial charge < -0.3 is 9.84 Å². The van der Waals surface area contributed by atoms with E-state index in [1.807, 2.05) is 24.3 Å². The Morgan fingerprint density at radius 1 is 1.17 bits per heavy atom. The van der Waals surface area contributed by atoms with Crippen molar-refractivity contribution in [2.75, 3.05) is 6.61 Å². The highest BCUT2D eigenvalue weighted by molar-refractivity contribution is 5.45. The number of hydrogen-bond donors (Lipinski definition) is 1. The second-order valence-electron chi connectivity index (χ2n) is 4.65. The van der Waals surface area contributed by atoms with E-state index in [2.05, 4.69) is 11.8 Å². The third kappa shape index (κ3) is 3.78. The normalized spacial score (nSPS) is 15.8. The van der Waals surface area contributed by atoms with Gasteiger partial charge in [-0.05, 0) is 37.8 Å². The summed E-state index contributed by atoms with van der Waals surface area (Å²) in [5.41, 5.74) is 0.927. The summed E-state index contributed by atoms with van der Waals surface area (Å²) in [5, 5.41) is 8.74. The van der Waals surface area contributed by atoms with E-state index in [0.29, 0.717) is 12.5 Å². The largest absolute Gasteiger partial charge is 0.489 e. The van der Waals surface area contributed by atoms with E-state index >= 15 is 0 Å². The number of aliphatic hydroxyl groups excluding tert-OH is 1. The molecular weight excluding hydrogens is 224 g/mol. The minimum Gasteiger partial charge on any atom is -0.489 e. The predicted octanol–water partition coefficient (Wildman–Crippen LogP) is 3.13. The molecule has 2 heteroatoms. The Morgan fingerprint density at radius 2 is 1.94 bits per heavy atom. The lowest BCUT2D eigenvalue weighted by Crippen LogP contribution is -2.20. The molecular formula is C16H20O2. The van der Waals surface area contributed by atoms with E-state index in [0.717, 1.165) is 24.2 Å². The molecule has 2 rings (SSSR count). The number of para-hydroxylation sites is 1. The summed E-state index contributed by atoms with van der Waals surface area (Å²) in [7, 11) is 0. The van der Waals surface area contributed by atoms with Crippen molar-refractivity contribution in [1.29, 1.82) is 0 Å². The Hall–Kier alpha value is -1.46. The lowest BCUT2D eigenvalue weighted by atomic mass is 9.98. The van der Waals surface area contributed by atoms with Gasteiger partial charge in [0.05, 0.1) is 18.3 Å². The average Bonchev–Trinajstić information content (AvgIpc) is 2.42. The fourth-order valence-electron chi connectivity index (χ4n) is 2.25. The third-order valence-electron chi connectivity index (χ3n) is 3.19. The molecule has 2 nitrogen and oxygen atoms in total. The van der Waals surface area contributed by atoms with Crippen LogP contribution >= 0.6 is 0 Å². The first-order valence-corrected chi connectivity index (χ1v) is 6.75. The van der Waals surface area contributed by atoms with Crippen LogP contribution in [-0.4, -0.2) is 17.8 Å². The zero-order valence-electron chi connectivity index (χ0n) is 10.7. The number of aliphatic hydroxyl groups is 1. The van der Waals surface area contributed by atoms with Gasteiger partial charge in [-0.2, -0.15) is 0 Å². The van der Waals surface area contributed by atoms with Crippen LogP contribution in [0, 0.1) is 11.8 Å². The van der Waals surface area contributed by atoms with Gasteiger partial charge in [-0.1, -0.05) is 30.4 Å². The van der Waals surface area contributed by atoms with Crippen LogP contribution in [0.15, 0.2) is 24.3 Å². The fraction of sp³-hybridized carbons (Fsp3) is 0.500. The minimum atomic E-state index is 0.110. The maximum Gasteiger partial charge on any atom is 0.135 e. The lowest BCUT2D eigenvalue weighted by molar-refractivity contribution is 0.154. The standard InChI is InChI=1S/C16H20O2/c17-13-7-6-9-14-8-4-5-12-16(14)18-15-10-2-1-3-11-15/h4-5,8,12,15,17H,1-3,7,10-11,13H2. The maximum absolute atomic E-state index is 8.74. The zero-order valence-corrected chi connectivity index (χ0v) is 10.7. The summed E-state index contributed by atoms with van der Waals surface area (Å²) in [6, 6.07) is 7.91. The summed E-state index contributed by atoms with van der Waals surface area (Å²) in [4.78, 5) is 0. The summed E-state index contributed by atoms with van der Waals surface area (Å²) in [6.45, 7) is 0.110. The highest BCUT2D eigenvalue weighted by Crippen LogP contribution is 2.25. The monoisotopic (exact) mass is 244 g/mol. The van der Waals surface area contributed by atoms with E-state index < -0.39 is 0 Å². The van der Waals surface area contributed by atoms with E-state index in [4.69, 9.17) is 9.84 Å². The quantitative estimate of drug-likeness (QED) is 0.828. The van der Waals surface area contributed by atoms with Crippen LogP contribution in [0.5, 0.6) is 5.75 Å². The van der Waals surface area contributed by atoms with Gasteiger partial charge in [-0.3, -0.25) is 0 Å². The molecule has 0 aromatic heterocycles. The topological polar surface area (TPSA) is 29.5 Å². The molecule has 0 bridgehead atoms. The fourth-order valence-corrected chi connectivity index (χ4v) is 2.25. The first-order valence-electron chi connectivity index (χ1n) is 6.75. The van der Waals surface area contributed by atoms with Crippen molar-refractivity contribution >= 4 is 0 Å². The highest BCUT2D eigenvalue weighted by Gasteiger charge is 2.15. The Bertz CT molecular complexity index is 422. The molecule has 0 aliphatic heterocycles. The maximum atomic E-state index is 8.74. The highest BCUT2D eigenvalue weighted by atomic mass is 16.5. The van der Waals surface area contributed by atoms with Crippen LogP contribution in [0.4, 0.5) is 0 Å². The molecule has 0 unspecified atom stereocenters. The minimum absolute atomic E-state index is 0.110. The lowest BCUT2D eigenvalue weighted by Gasteiger charge is -2.23. The molecule has 0 radical (unpaired) electrons. The molecule has 0 heterocycles. The molecule has 1 aromatic carbocycles. The summed E-state index contributed by atoms with van der Waals surface area (Å²) < 4.78 is 6.05. The first kappa shape index (κ1) is 13.0. The Kier molecular flexibility index (Phi) is 5.11. The first-order chi connectivity index (χ1) is 8.90. The number of ether oxygens (including phenoxy) is 1. The second kappa shape index (κ2) is 7.08. The Balaban J connectivity index is 2.05. The van der Waals surface area contributed by atoms with Crippen molar-refractivity contribution in [2.45, 2.75) is 44.6 Å². The van der Waals surface area contributed by atoms with Crippen molar-refractivity contribution in [3.8, 4) is 17.6 Å². The molecule has 1 aromatic rings. The summed E-state index contributed by atoms with van der Waals surface area (Å²) >= 11 is 0. The summed E-state index contributed by atoms with van der Waals surface area (Å²) in [6.07, 6.45) is 7.03. The molecule has 1 aliphatic carbocycles. The van der Waals surface area contributed by atoms with Gasteiger partial charge in [0, 0.05) is 6.42 Å². The van der Waals surface area contributed by atoms with Crippen molar-refractivity contribution < 1.29 is 9.84 Å². The van der Waals surface area contributed by atoms with E-state index in [1.165, 1.54) is 19.3 Å². The van der Waals surface area contributed by atoms with E-state index in [-0.39, 0.29) is 6.61 Å². The summed E-state index contributed by atoms with van der Waals surface area (Å²) in [5.74, 6) is 6.90. The molecule has 0 saturated heterocycles. The van der Waals surface area contributed by atoms with Crippen LogP contribution in [0.2, 0.25) is 0 Å². The molecule has 18 heavy (non-hydrogen) atoms. The van der Waals surface area contributed by atoms with E-state index in [9.17, 15) is 0 Å². The van der Waals surface area contributed by atoms with Crippen LogP contribution in [-0.2, 0) is 0 Å². The van der Waals surface area contributed by atoms with Gasteiger partial charge in [0.15, 0.2) is 0 Å². The average molecular weight is 244 g/mol. The molecule has 1 aliphatic rings. The predicted molar refractivity (Wildman–Crippen MR) is 72.5 cm³/mol. The van der Waals surface area contributed by atoms with Gasteiger partial charge in [0.2, 0.25) is 0 Å². The van der Waals surface area contributed by atoms with Crippen LogP contribution in [0.3, 0.4) is 0 Å². The number of rotatable bonds is 3. The van der Waals surface area contributed by atoms with Gasteiger partial charge in [0.1, 0.15) is 5.75 Å². The Morgan fingerprint density at radius 3 is 2.72 bits per heavy atom. The molecule has 1 fully saturated rings. The van der Waals surface area contributed by atoms with Gasteiger partial charge in [-0.15, -0.1) is 0 Å². The van der Waals surface area contributed by atoms with Crippen molar-refractivity contribution in [1.82, 2.24) is 0 Å². The molecule has 0 amide bonds. The van der Waals surface area contributed by atoms with Crippen molar-refractivity contribution in [3.63, 3.8) is 0 Å². The number of hydrogen-bond acceptors (Lipinski definition) is 2. The third-order valence-corrected chi connectivity index (χ3v) is 3.19. The van der Waals surface area contributed by atoms with Gasteiger partial charge in [-0.25, -0.2) is 0 Å². The molecule has 96 valence electrons. The van der Waals surface area contributed by atoms with Gasteiger partial charge >= 0.3 is 0 Å². The molecule has 1 saturated carbocycles. The zero-order chi connectivity index (χ0) is 12.6.